The van der Waals surface area contributed by atoms with Gasteiger partial charge in [-0.05, 0) is 18.1 Å². The molecule has 3 heterocycles. The first-order chi connectivity index (χ1) is 19.4. The number of ether oxygens (including phenoxy) is 2. The normalized spacial score (nSPS) is 20.5. The lowest BCUT2D eigenvalue weighted by Gasteiger charge is -2.20. The summed E-state index contributed by atoms with van der Waals surface area (Å²) in [6.07, 6.45) is -4.07. The van der Waals surface area contributed by atoms with Crippen LogP contribution >= 0.6 is 0 Å². The number of aromatic nitrogens is 4. The molecule has 40 heavy (non-hydrogen) atoms. The van der Waals surface area contributed by atoms with Crippen LogP contribution in [0.2, 0.25) is 0 Å². The van der Waals surface area contributed by atoms with Crippen LogP contribution in [0.4, 0.5) is 5.82 Å². The molecule has 12 nitrogen and oxygen atoms in total. The minimum atomic E-state index is -1.48. The van der Waals surface area contributed by atoms with E-state index in [4.69, 9.17) is 9.47 Å². The number of nitrogens with one attached hydrogen (secondary N) is 2. The zero-order chi connectivity index (χ0) is 28.2. The van der Waals surface area contributed by atoms with Gasteiger partial charge in [0.2, 0.25) is 5.82 Å². The van der Waals surface area contributed by atoms with E-state index in [-0.39, 0.29) is 23.2 Å². The van der Waals surface area contributed by atoms with Crippen LogP contribution in [0.3, 0.4) is 0 Å². The quantitative estimate of drug-likeness (QED) is 0.227. The fraction of sp³-hybridized carbons (Fsp3) is 0.321. The van der Waals surface area contributed by atoms with E-state index in [9.17, 15) is 19.8 Å². The molecule has 2 aromatic carbocycles. The van der Waals surface area contributed by atoms with E-state index in [0.717, 1.165) is 11.1 Å². The van der Waals surface area contributed by atoms with Gasteiger partial charge in [-0.25, -0.2) is 19.7 Å². The van der Waals surface area contributed by atoms with Gasteiger partial charge in [0.15, 0.2) is 29.3 Å². The number of aliphatic hydroxyl groups is 2. The second kappa shape index (κ2) is 11.8. The molecule has 1 aliphatic heterocycles. The molecule has 0 aliphatic carbocycles. The lowest BCUT2D eigenvalue weighted by atomic mass is 9.91. The van der Waals surface area contributed by atoms with Crippen LogP contribution in [0.15, 0.2) is 67.0 Å². The molecule has 4 aromatic rings. The largest absolute Gasteiger partial charge is 0.463 e. The molecule has 0 unspecified atom stereocenters. The first-order valence-electron chi connectivity index (χ1n) is 12.9. The number of hydrogen-bond acceptors (Lipinski definition) is 10. The Morgan fingerprint density at radius 3 is 2.27 bits per heavy atom. The molecule has 4 N–H and O–H groups in total. The van der Waals surface area contributed by atoms with Crippen LogP contribution < -0.4 is 10.6 Å². The SMILES string of the molecule is CCNC(=O)[C@H]1O[C@@H](n2cnc3c(NCC(c4ccccc4)c4ccccc4)nc(C(=O)OC)nc32)[C@H](O)[C@H]1O. The smallest absolute Gasteiger partial charge is 0.376 e. The second-order valence-corrected chi connectivity index (χ2v) is 9.29. The standard InChI is InChI=1S/C28H30N6O6/c1-3-29-26(37)22-20(35)21(36)27(40-22)34-15-31-19-23(32-24(28(38)39-2)33-25(19)34)30-14-18(16-10-6-4-7-11-16)17-12-8-5-9-13-17/h4-13,15,18,20-22,27,35-36H,3,14H2,1-2H3,(H,29,37)(H,30,32,33)/t20-,21-,22+,27-/m1/s1. The van der Waals surface area contributed by atoms with E-state index in [1.807, 2.05) is 60.7 Å². The second-order valence-electron chi connectivity index (χ2n) is 9.29. The highest BCUT2D eigenvalue weighted by Crippen LogP contribution is 2.33. The minimum Gasteiger partial charge on any atom is -0.463 e. The molecule has 208 valence electrons. The van der Waals surface area contributed by atoms with E-state index in [2.05, 4.69) is 25.6 Å². The number of rotatable bonds is 9. The summed E-state index contributed by atoms with van der Waals surface area (Å²) in [5.74, 6) is -1.34. The maximum Gasteiger partial charge on any atom is 0.376 e. The molecule has 1 saturated heterocycles. The zero-order valence-electron chi connectivity index (χ0n) is 22.0. The zero-order valence-corrected chi connectivity index (χ0v) is 22.0. The Bertz CT molecular complexity index is 1440. The summed E-state index contributed by atoms with van der Waals surface area (Å²) in [4.78, 5) is 38.0. The van der Waals surface area contributed by atoms with Crippen LogP contribution in [-0.4, -0.2) is 80.1 Å². The Balaban J connectivity index is 1.51. The highest BCUT2D eigenvalue weighted by Gasteiger charge is 2.47. The molecular formula is C28H30N6O6. The number of imidazole rings is 1. The minimum absolute atomic E-state index is 0.0518. The van der Waals surface area contributed by atoms with Crippen LogP contribution in [-0.2, 0) is 14.3 Å². The average molecular weight is 547 g/mol. The predicted molar refractivity (Wildman–Crippen MR) is 144 cm³/mol. The molecule has 12 heteroatoms. The molecule has 2 aromatic heterocycles. The van der Waals surface area contributed by atoms with Crippen molar-refractivity contribution in [3.8, 4) is 0 Å². The number of methoxy groups -OCH3 is 1. The van der Waals surface area contributed by atoms with Crippen LogP contribution in [0, 0.1) is 0 Å². The summed E-state index contributed by atoms with van der Waals surface area (Å²) in [7, 11) is 1.22. The van der Waals surface area contributed by atoms with E-state index in [1.165, 1.54) is 18.0 Å². The van der Waals surface area contributed by atoms with Gasteiger partial charge >= 0.3 is 5.97 Å². The number of benzene rings is 2. The molecule has 0 saturated carbocycles. The van der Waals surface area contributed by atoms with Crippen molar-refractivity contribution in [3.05, 3.63) is 83.9 Å². The molecule has 1 aliphatic rings. The lowest BCUT2D eigenvalue weighted by molar-refractivity contribution is -0.137. The van der Waals surface area contributed by atoms with Crippen LogP contribution in [0.1, 0.15) is 40.8 Å². The Labute approximate surface area is 230 Å². The number of hydrogen-bond donors (Lipinski definition) is 4. The molecule has 0 radical (unpaired) electrons. The number of fused-ring (bicyclic) bond motifs is 1. The fourth-order valence-electron chi connectivity index (χ4n) is 4.79. The van der Waals surface area contributed by atoms with Gasteiger partial charge in [-0.15, -0.1) is 0 Å². The number of carbonyl (C=O) groups is 2. The van der Waals surface area contributed by atoms with Crippen molar-refractivity contribution >= 4 is 28.9 Å². The molecular weight excluding hydrogens is 516 g/mol. The number of nitrogens with zero attached hydrogens (tertiary/aromatic N) is 4. The van der Waals surface area contributed by atoms with Gasteiger partial charge in [-0.3, -0.25) is 9.36 Å². The van der Waals surface area contributed by atoms with E-state index >= 15 is 0 Å². The number of likely N-dealkylation sites (N-methyl/N-ethyl adjacent to an activating group) is 1. The van der Waals surface area contributed by atoms with Gasteiger partial charge in [0.05, 0.1) is 13.4 Å². The maximum atomic E-state index is 12.5. The number of amides is 1. The third kappa shape index (κ3) is 5.24. The summed E-state index contributed by atoms with van der Waals surface area (Å²) in [5, 5.41) is 27.1. The summed E-state index contributed by atoms with van der Waals surface area (Å²) in [6, 6.07) is 20.0. The Kier molecular flexibility index (Phi) is 8.01. The average Bonchev–Trinajstić information content (AvgIpc) is 3.54. The summed E-state index contributed by atoms with van der Waals surface area (Å²) < 4.78 is 12.0. The lowest BCUT2D eigenvalue weighted by Crippen LogP contribution is -2.42. The van der Waals surface area contributed by atoms with Gasteiger partial charge in [0, 0.05) is 19.0 Å². The van der Waals surface area contributed by atoms with E-state index in [1.54, 1.807) is 6.92 Å². The first-order valence-corrected chi connectivity index (χ1v) is 12.9. The monoisotopic (exact) mass is 546 g/mol. The van der Waals surface area contributed by atoms with Crippen molar-refractivity contribution in [3.63, 3.8) is 0 Å². The number of carbonyl (C=O) groups excluding carboxylic acids is 2. The number of aliphatic hydroxyl groups excluding tert-OH is 2. The summed E-state index contributed by atoms with van der Waals surface area (Å²) in [6.45, 7) is 2.47. The molecule has 0 spiro atoms. The highest BCUT2D eigenvalue weighted by molar-refractivity contribution is 5.91. The maximum absolute atomic E-state index is 12.5. The number of anilines is 1. The van der Waals surface area contributed by atoms with Crippen LogP contribution in [0.25, 0.3) is 11.2 Å². The van der Waals surface area contributed by atoms with Crippen molar-refractivity contribution in [2.75, 3.05) is 25.5 Å². The molecule has 0 bridgehead atoms. The third-order valence-corrected chi connectivity index (χ3v) is 6.79. The molecule has 1 amide bonds. The van der Waals surface area contributed by atoms with E-state index in [0.29, 0.717) is 18.6 Å². The molecule has 5 rings (SSSR count). The van der Waals surface area contributed by atoms with Crippen molar-refractivity contribution in [1.82, 2.24) is 24.8 Å². The van der Waals surface area contributed by atoms with Crippen molar-refractivity contribution < 1.29 is 29.3 Å². The van der Waals surface area contributed by atoms with Crippen molar-refractivity contribution in [2.45, 2.75) is 37.4 Å². The van der Waals surface area contributed by atoms with Crippen molar-refractivity contribution in [1.29, 1.82) is 0 Å². The Morgan fingerprint density at radius 1 is 1.02 bits per heavy atom. The fourth-order valence-corrected chi connectivity index (χ4v) is 4.79. The number of esters is 1. The van der Waals surface area contributed by atoms with Crippen LogP contribution in [0.5, 0.6) is 0 Å². The predicted octanol–water partition coefficient (Wildman–Crippen LogP) is 1.61. The first kappa shape index (κ1) is 27.2. The van der Waals surface area contributed by atoms with Gasteiger partial charge in [-0.1, -0.05) is 60.7 Å². The summed E-state index contributed by atoms with van der Waals surface area (Å²) >= 11 is 0. The topological polar surface area (TPSA) is 161 Å². The molecule has 4 atom stereocenters. The summed E-state index contributed by atoms with van der Waals surface area (Å²) in [5.41, 5.74) is 2.62. The van der Waals surface area contributed by atoms with Gasteiger partial charge < -0.3 is 30.3 Å². The Morgan fingerprint density at radius 2 is 1.68 bits per heavy atom. The molecule has 1 fully saturated rings. The third-order valence-electron chi connectivity index (χ3n) is 6.79. The van der Waals surface area contributed by atoms with Gasteiger partial charge in [0.25, 0.3) is 5.91 Å². The highest BCUT2D eigenvalue weighted by atomic mass is 16.6. The van der Waals surface area contributed by atoms with Gasteiger partial charge in [0.1, 0.15) is 12.2 Å². The Hall–Kier alpha value is -4.39. The van der Waals surface area contributed by atoms with Crippen molar-refractivity contribution in [2.24, 2.45) is 0 Å². The van der Waals surface area contributed by atoms with E-state index < -0.39 is 36.4 Å². The van der Waals surface area contributed by atoms with Gasteiger partial charge in [-0.2, -0.15) is 0 Å².